The zero-order valence-corrected chi connectivity index (χ0v) is 17.0. The van der Waals surface area contributed by atoms with Gasteiger partial charge in [-0.15, -0.1) is 0 Å². The number of thiazole rings is 1. The lowest BCUT2D eigenvalue weighted by atomic mass is 10.2. The zero-order valence-electron chi connectivity index (χ0n) is 16.2. The highest BCUT2D eigenvalue weighted by Crippen LogP contribution is 2.28. The summed E-state index contributed by atoms with van der Waals surface area (Å²) in [5, 5.41) is 0. The van der Waals surface area contributed by atoms with Crippen LogP contribution in [-0.2, 0) is 11.3 Å². The number of carbonyl (C=O) groups excluding carboxylic acids is 1. The summed E-state index contributed by atoms with van der Waals surface area (Å²) in [5.41, 5.74) is 0.470. The van der Waals surface area contributed by atoms with Crippen molar-refractivity contribution in [3.63, 3.8) is 0 Å². The lowest BCUT2D eigenvalue weighted by Gasteiger charge is -2.08. The van der Waals surface area contributed by atoms with Crippen LogP contribution in [-0.4, -0.2) is 37.9 Å². The maximum atomic E-state index is 14.4. The number of nitrogens with zero attached hydrogens (tertiary/aromatic N) is 2. The zero-order chi connectivity index (χ0) is 21.0. The highest BCUT2D eigenvalue weighted by atomic mass is 32.1. The standard InChI is InChI=1S/C20H20F2N2O4S/c1-4-28-8-7-24-18-14(22)10-13(21)11-17(18)29-20(24)23-19(25)12-5-6-15(26-2)16(9-12)27-3/h5-6,9-11H,4,7-8H2,1-3H3. The number of amides is 1. The quantitative estimate of drug-likeness (QED) is 0.544. The van der Waals surface area contributed by atoms with E-state index in [0.29, 0.717) is 29.4 Å². The van der Waals surface area contributed by atoms with Gasteiger partial charge in [0.05, 0.1) is 31.0 Å². The number of fused-ring (bicyclic) bond motifs is 1. The van der Waals surface area contributed by atoms with Gasteiger partial charge in [-0.3, -0.25) is 4.79 Å². The fourth-order valence-electron chi connectivity index (χ4n) is 2.84. The Balaban J connectivity index is 2.09. The highest BCUT2D eigenvalue weighted by Gasteiger charge is 2.15. The minimum Gasteiger partial charge on any atom is -0.493 e. The van der Waals surface area contributed by atoms with Crippen LogP contribution in [0.25, 0.3) is 10.2 Å². The number of methoxy groups -OCH3 is 2. The van der Waals surface area contributed by atoms with E-state index in [2.05, 4.69) is 4.99 Å². The van der Waals surface area contributed by atoms with Crippen LogP contribution in [0.15, 0.2) is 35.3 Å². The van der Waals surface area contributed by atoms with E-state index in [9.17, 15) is 13.6 Å². The molecule has 2 aromatic carbocycles. The van der Waals surface area contributed by atoms with Gasteiger partial charge in [-0.05, 0) is 31.2 Å². The van der Waals surface area contributed by atoms with Crippen LogP contribution < -0.4 is 14.3 Å². The molecule has 1 heterocycles. The van der Waals surface area contributed by atoms with Crippen molar-refractivity contribution in [2.24, 2.45) is 4.99 Å². The molecule has 0 N–H and O–H groups in total. The molecule has 0 saturated carbocycles. The van der Waals surface area contributed by atoms with Gasteiger partial charge in [0, 0.05) is 24.8 Å². The van der Waals surface area contributed by atoms with E-state index >= 15 is 0 Å². The number of benzene rings is 2. The maximum absolute atomic E-state index is 14.4. The van der Waals surface area contributed by atoms with Gasteiger partial charge in [0.15, 0.2) is 22.1 Å². The smallest absolute Gasteiger partial charge is 0.279 e. The maximum Gasteiger partial charge on any atom is 0.279 e. The largest absolute Gasteiger partial charge is 0.493 e. The Labute approximate surface area is 170 Å². The summed E-state index contributed by atoms with van der Waals surface area (Å²) in [6.07, 6.45) is 0. The summed E-state index contributed by atoms with van der Waals surface area (Å²) in [5.74, 6) is -1.07. The Kier molecular flexibility index (Phi) is 6.60. The van der Waals surface area contributed by atoms with Crippen LogP contribution in [0.1, 0.15) is 17.3 Å². The Bertz CT molecular complexity index is 1110. The van der Waals surface area contributed by atoms with E-state index in [1.807, 2.05) is 6.92 Å². The number of aromatic nitrogens is 1. The molecule has 29 heavy (non-hydrogen) atoms. The fourth-order valence-corrected chi connectivity index (χ4v) is 3.94. The van der Waals surface area contributed by atoms with Crippen LogP contribution in [0, 0.1) is 11.6 Å². The van der Waals surface area contributed by atoms with E-state index < -0.39 is 17.5 Å². The molecule has 6 nitrogen and oxygen atoms in total. The first-order chi connectivity index (χ1) is 14.0. The van der Waals surface area contributed by atoms with E-state index in [-0.39, 0.29) is 22.4 Å². The third-order valence-corrected chi connectivity index (χ3v) is 5.21. The van der Waals surface area contributed by atoms with E-state index in [1.54, 1.807) is 12.1 Å². The van der Waals surface area contributed by atoms with Crippen molar-refractivity contribution in [1.82, 2.24) is 4.57 Å². The third kappa shape index (κ3) is 4.46. The van der Waals surface area contributed by atoms with E-state index in [4.69, 9.17) is 14.2 Å². The minimum atomic E-state index is -0.715. The fraction of sp³-hybridized carbons (Fsp3) is 0.300. The van der Waals surface area contributed by atoms with Crippen molar-refractivity contribution in [1.29, 1.82) is 0 Å². The molecule has 0 atom stereocenters. The molecule has 0 aliphatic heterocycles. The molecule has 0 aliphatic carbocycles. The number of halogens is 2. The number of ether oxygens (including phenoxy) is 3. The predicted octanol–water partition coefficient (Wildman–Crippen LogP) is 3.78. The van der Waals surface area contributed by atoms with Gasteiger partial charge in [-0.25, -0.2) is 8.78 Å². The van der Waals surface area contributed by atoms with Crippen LogP contribution in [0.2, 0.25) is 0 Å². The molecule has 0 spiro atoms. The third-order valence-electron chi connectivity index (χ3n) is 4.19. The van der Waals surface area contributed by atoms with Crippen LogP contribution >= 0.6 is 11.3 Å². The molecule has 154 valence electrons. The Morgan fingerprint density at radius 1 is 1.14 bits per heavy atom. The number of hydrogen-bond donors (Lipinski definition) is 0. The summed E-state index contributed by atoms with van der Waals surface area (Å²) < 4.78 is 45.7. The van der Waals surface area contributed by atoms with Crippen molar-refractivity contribution in [3.05, 3.63) is 52.3 Å². The van der Waals surface area contributed by atoms with Crippen LogP contribution in [0.4, 0.5) is 8.78 Å². The van der Waals surface area contributed by atoms with Gasteiger partial charge in [0.2, 0.25) is 0 Å². The molecule has 0 saturated heterocycles. The second-order valence-corrected chi connectivity index (χ2v) is 6.96. The molecule has 3 aromatic rings. The molecule has 0 fully saturated rings. The van der Waals surface area contributed by atoms with Crippen LogP contribution in [0.5, 0.6) is 11.5 Å². The average Bonchev–Trinajstić information content (AvgIpc) is 3.04. The van der Waals surface area contributed by atoms with Crippen molar-refractivity contribution in [3.8, 4) is 11.5 Å². The van der Waals surface area contributed by atoms with Crippen molar-refractivity contribution < 1.29 is 27.8 Å². The molecule has 1 aromatic heterocycles. The van der Waals surface area contributed by atoms with Gasteiger partial charge >= 0.3 is 0 Å². The topological polar surface area (TPSA) is 62.1 Å². The first-order valence-electron chi connectivity index (χ1n) is 8.85. The van der Waals surface area contributed by atoms with Gasteiger partial charge in [-0.1, -0.05) is 11.3 Å². The molecular weight excluding hydrogens is 402 g/mol. The highest BCUT2D eigenvalue weighted by molar-refractivity contribution is 7.16. The normalized spacial score (nSPS) is 11.8. The minimum absolute atomic E-state index is 0.190. The van der Waals surface area contributed by atoms with Gasteiger partial charge in [-0.2, -0.15) is 4.99 Å². The van der Waals surface area contributed by atoms with Gasteiger partial charge in [0.25, 0.3) is 5.91 Å². The summed E-state index contributed by atoms with van der Waals surface area (Å²) >= 11 is 1.03. The average molecular weight is 422 g/mol. The predicted molar refractivity (Wildman–Crippen MR) is 106 cm³/mol. The summed E-state index contributed by atoms with van der Waals surface area (Å²) in [6, 6.07) is 6.71. The summed E-state index contributed by atoms with van der Waals surface area (Å²) in [4.78, 5) is 17.1. The Morgan fingerprint density at radius 2 is 1.90 bits per heavy atom. The van der Waals surface area contributed by atoms with Crippen molar-refractivity contribution >= 4 is 27.5 Å². The monoisotopic (exact) mass is 422 g/mol. The molecule has 9 heteroatoms. The first kappa shape index (κ1) is 20.9. The van der Waals surface area contributed by atoms with Crippen LogP contribution in [0.3, 0.4) is 0 Å². The number of carbonyl (C=O) groups is 1. The molecule has 0 bridgehead atoms. The molecule has 0 unspecified atom stereocenters. The molecule has 0 aliphatic rings. The van der Waals surface area contributed by atoms with Crippen molar-refractivity contribution in [2.45, 2.75) is 13.5 Å². The number of rotatable bonds is 7. The lowest BCUT2D eigenvalue weighted by molar-refractivity contribution is 0.0996. The molecular formula is C20H20F2N2O4S. The first-order valence-corrected chi connectivity index (χ1v) is 9.67. The second kappa shape index (κ2) is 9.15. The Morgan fingerprint density at radius 3 is 2.59 bits per heavy atom. The van der Waals surface area contributed by atoms with E-state index in [0.717, 1.165) is 17.4 Å². The summed E-state index contributed by atoms with van der Waals surface area (Å²) in [6.45, 7) is 2.92. The molecule has 0 radical (unpaired) electrons. The molecule has 1 amide bonds. The summed E-state index contributed by atoms with van der Waals surface area (Å²) in [7, 11) is 2.96. The van der Waals surface area contributed by atoms with Crippen molar-refractivity contribution in [2.75, 3.05) is 27.4 Å². The second-order valence-electron chi connectivity index (χ2n) is 5.95. The molecule has 3 rings (SSSR count). The number of hydrogen-bond acceptors (Lipinski definition) is 5. The van der Waals surface area contributed by atoms with E-state index in [1.165, 1.54) is 30.9 Å². The SMILES string of the molecule is CCOCCn1c(=NC(=O)c2ccc(OC)c(OC)c2)sc2cc(F)cc(F)c21. The Hall–Kier alpha value is -2.78. The van der Waals surface area contributed by atoms with Gasteiger partial charge in [0.1, 0.15) is 5.82 Å². The lowest BCUT2D eigenvalue weighted by Crippen LogP contribution is -2.20. The van der Waals surface area contributed by atoms with Gasteiger partial charge < -0.3 is 18.8 Å².